The molecule has 1 aromatic heterocycles. The van der Waals surface area contributed by atoms with Crippen LogP contribution in [0, 0.1) is 5.92 Å². The van der Waals surface area contributed by atoms with Crippen LogP contribution in [0.25, 0.3) is 0 Å². The van der Waals surface area contributed by atoms with Gasteiger partial charge < -0.3 is 15.4 Å². The lowest BCUT2D eigenvalue weighted by Gasteiger charge is -2.36. The third-order valence-electron chi connectivity index (χ3n) is 3.40. The minimum Gasteiger partial charge on any atom is -0.379 e. The predicted molar refractivity (Wildman–Crippen MR) is 66.7 cm³/mol. The molecule has 2 unspecified atom stereocenters. The van der Waals surface area contributed by atoms with E-state index >= 15 is 0 Å². The van der Waals surface area contributed by atoms with Gasteiger partial charge in [0.25, 0.3) is 0 Å². The number of piperidine rings is 1. The van der Waals surface area contributed by atoms with Crippen molar-refractivity contribution < 1.29 is 4.74 Å². The molecule has 2 heterocycles. The zero-order valence-electron chi connectivity index (χ0n) is 10.5. The maximum absolute atomic E-state index is 5.53. The quantitative estimate of drug-likeness (QED) is 0.841. The number of nitrogens with zero attached hydrogens (tertiary/aromatic N) is 3. The number of methoxy groups -OCH3 is 1. The lowest BCUT2D eigenvalue weighted by Crippen LogP contribution is -2.44. The first-order valence-corrected chi connectivity index (χ1v) is 6.03. The monoisotopic (exact) mass is 236 g/mol. The summed E-state index contributed by atoms with van der Waals surface area (Å²) in [6.07, 6.45) is 4.96. The molecule has 0 spiro atoms. The molecule has 5 nitrogen and oxygen atoms in total. The Bertz CT molecular complexity index is 354. The fraction of sp³-hybridized carbons (Fsp3) is 0.667. The highest BCUT2D eigenvalue weighted by atomic mass is 16.5. The zero-order valence-corrected chi connectivity index (χ0v) is 10.5. The molecule has 0 aromatic carbocycles. The van der Waals surface area contributed by atoms with Crippen molar-refractivity contribution in [2.24, 2.45) is 11.7 Å². The van der Waals surface area contributed by atoms with Crippen molar-refractivity contribution in [2.45, 2.75) is 26.0 Å². The molecule has 0 radical (unpaired) electrons. The third kappa shape index (κ3) is 2.73. The van der Waals surface area contributed by atoms with E-state index in [1.165, 1.54) is 0 Å². The number of ether oxygens (including phenoxy) is 1. The van der Waals surface area contributed by atoms with Crippen molar-refractivity contribution in [1.29, 1.82) is 0 Å². The Hall–Kier alpha value is -1.20. The molecule has 1 aliphatic heterocycles. The Balaban J connectivity index is 2.06. The van der Waals surface area contributed by atoms with Crippen LogP contribution in [0.15, 0.2) is 12.4 Å². The van der Waals surface area contributed by atoms with E-state index in [4.69, 9.17) is 10.5 Å². The van der Waals surface area contributed by atoms with Crippen molar-refractivity contribution in [3.05, 3.63) is 18.0 Å². The van der Waals surface area contributed by atoms with Crippen molar-refractivity contribution in [1.82, 2.24) is 9.97 Å². The van der Waals surface area contributed by atoms with Crippen LogP contribution in [0.4, 0.5) is 5.95 Å². The smallest absolute Gasteiger partial charge is 0.225 e. The number of rotatable bonds is 3. The van der Waals surface area contributed by atoms with Crippen LogP contribution < -0.4 is 10.6 Å². The summed E-state index contributed by atoms with van der Waals surface area (Å²) in [5, 5.41) is 0. The molecule has 0 saturated carbocycles. The zero-order chi connectivity index (χ0) is 12.3. The minimum atomic E-state index is 0.265. The van der Waals surface area contributed by atoms with Crippen LogP contribution >= 0.6 is 0 Å². The van der Waals surface area contributed by atoms with Gasteiger partial charge in [0.2, 0.25) is 5.95 Å². The molecule has 94 valence electrons. The standard InChI is InChI=1S/C12H20N4O/c1-9-3-4-16(8-11(9)17-2)12-14-6-10(5-13)7-15-12/h6-7,9,11H,3-5,8,13H2,1-2H3. The summed E-state index contributed by atoms with van der Waals surface area (Å²) in [6, 6.07) is 0. The Morgan fingerprint density at radius 2 is 2.18 bits per heavy atom. The van der Waals surface area contributed by atoms with Crippen molar-refractivity contribution in [2.75, 3.05) is 25.1 Å². The predicted octanol–water partition coefficient (Wildman–Crippen LogP) is 0.796. The van der Waals surface area contributed by atoms with E-state index in [0.29, 0.717) is 12.5 Å². The van der Waals surface area contributed by atoms with Crippen molar-refractivity contribution >= 4 is 5.95 Å². The number of anilines is 1. The largest absolute Gasteiger partial charge is 0.379 e. The van der Waals surface area contributed by atoms with Gasteiger partial charge in [-0.3, -0.25) is 0 Å². The maximum Gasteiger partial charge on any atom is 0.225 e. The topological polar surface area (TPSA) is 64.3 Å². The molecular weight excluding hydrogens is 216 g/mol. The Morgan fingerprint density at radius 1 is 1.47 bits per heavy atom. The molecule has 2 N–H and O–H groups in total. The number of nitrogens with two attached hydrogens (primary N) is 1. The Morgan fingerprint density at radius 3 is 2.76 bits per heavy atom. The molecular formula is C12H20N4O. The molecule has 1 aromatic rings. The summed E-state index contributed by atoms with van der Waals surface area (Å²) in [4.78, 5) is 10.9. The molecule has 1 aliphatic rings. The second-order valence-corrected chi connectivity index (χ2v) is 4.58. The van der Waals surface area contributed by atoms with Gasteiger partial charge >= 0.3 is 0 Å². The van der Waals surface area contributed by atoms with Gasteiger partial charge in [-0.15, -0.1) is 0 Å². The van der Waals surface area contributed by atoms with E-state index in [9.17, 15) is 0 Å². The SMILES string of the molecule is COC1CN(c2ncc(CN)cn2)CCC1C. The van der Waals surface area contributed by atoms with Crippen LogP contribution in [0.1, 0.15) is 18.9 Å². The van der Waals surface area contributed by atoms with Crippen LogP contribution in [-0.2, 0) is 11.3 Å². The second kappa shape index (κ2) is 5.42. The van der Waals surface area contributed by atoms with Crippen LogP contribution in [0.5, 0.6) is 0 Å². The number of hydrogen-bond donors (Lipinski definition) is 1. The molecule has 2 atom stereocenters. The molecule has 5 heteroatoms. The Kier molecular flexibility index (Phi) is 3.91. The number of hydrogen-bond acceptors (Lipinski definition) is 5. The van der Waals surface area contributed by atoms with E-state index < -0.39 is 0 Å². The van der Waals surface area contributed by atoms with E-state index in [0.717, 1.165) is 31.0 Å². The van der Waals surface area contributed by atoms with Crippen molar-refractivity contribution in [3.8, 4) is 0 Å². The molecule has 17 heavy (non-hydrogen) atoms. The summed E-state index contributed by atoms with van der Waals surface area (Å²) in [6.45, 7) is 4.56. The molecule has 0 amide bonds. The highest BCUT2D eigenvalue weighted by Crippen LogP contribution is 2.22. The lowest BCUT2D eigenvalue weighted by molar-refractivity contribution is 0.0494. The summed E-state index contributed by atoms with van der Waals surface area (Å²) < 4.78 is 5.48. The van der Waals surface area contributed by atoms with Gasteiger partial charge in [-0.05, 0) is 12.3 Å². The third-order valence-corrected chi connectivity index (χ3v) is 3.40. The summed E-state index contributed by atoms with van der Waals surface area (Å²) in [7, 11) is 1.77. The minimum absolute atomic E-state index is 0.265. The summed E-state index contributed by atoms with van der Waals surface area (Å²) >= 11 is 0. The van der Waals surface area contributed by atoms with Gasteiger partial charge in [0.05, 0.1) is 6.10 Å². The Labute approximate surface area is 102 Å². The molecule has 2 rings (SSSR count). The van der Waals surface area contributed by atoms with Gasteiger partial charge in [-0.25, -0.2) is 9.97 Å². The first-order valence-electron chi connectivity index (χ1n) is 6.03. The number of aromatic nitrogens is 2. The van der Waals surface area contributed by atoms with E-state index in [-0.39, 0.29) is 6.10 Å². The van der Waals surface area contributed by atoms with Crippen LogP contribution in [0.2, 0.25) is 0 Å². The maximum atomic E-state index is 5.53. The van der Waals surface area contributed by atoms with Gasteiger partial charge in [0, 0.05) is 44.7 Å². The van der Waals surface area contributed by atoms with Crippen molar-refractivity contribution in [3.63, 3.8) is 0 Å². The van der Waals surface area contributed by atoms with Gasteiger partial charge in [0.1, 0.15) is 0 Å². The first-order chi connectivity index (χ1) is 8.24. The molecule has 1 fully saturated rings. The van der Waals surface area contributed by atoms with Gasteiger partial charge in [-0.1, -0.05) is 6.92 Å². The fourth-order valence-corrected chi connectivity index (χ4v) is 2.14. The normalized spacial score (nSPS) is 25.0. The molecule has 0 aliphatic carbocycles. The average Bonchev–Trinajstić information content (AvgIpc) is 2.39. The highest BCUT2D eigenvalue weighted by molar-refractivity contribution is 5.31. The summed E-state index contributed by atoms with van der Waals surface area (Å²) in [5.74, 6) is 1.37. The van der Waals surface area contributed by atoms with E-state index in [2.05, 4.69) is 21.8 Å². The van der Waals surface area contributed by atoms with E-state index in [1.807, 2.05) is 0 Å². The highest BCUT2D eigenvalue weighted by Gasteiger charge is 2.27. The van der Waals surface area contributed by atoms with Gasteiger partial charge in [-0.2, -0.15) is 0 Å². The fourth-order valence-electron chi connectivity index (χ4n) is 2.14. The summed E-state index contributed by atoms with van der Waals surface area (Å²) in [5.41, 5.74) is 6.49. The molecule has 1 saturated heterocycles. The molecule has 0 bridgehead atoms. The van der Waals surface area contributed by atoms with Gasteiger partial charge in [0.15, 0.2) is 0 Å². The first kappa shape index (κ1) is 12.3. The second-order valence-electron chi connectivity index (χ2n) is 4.58. The van der Waals surface area contributed by atoms with E-state index in [1.54, 1.807) is 19.5 Å². The van der Waals surface area contributed by atoms with Crippen LogP contribution in [-0.4, -0.2) is 36.3 Å². The lowest BCUT2D eigenvalue weighted by atomic mass is 9.96. The van der Waals surface area contributed by atoms with Crippen LogP contribution in [0.3, 0.4) is 0 Å². The average molecular weight is 236 g/mol.